The van der Waals surface area contributed by atoms with Crippen LogP contribution < -0.4 is 15.6 Å². The molecule has 0 spiro atoms. The van der Waals surface area contributed by atoms with E-state index in [-0.39, 0.29) is 22.6 Å². The molecule has 0 saturated heterocycles. The zero-order chi connectivity index (χ0) is 24.3. The number of hydrogen-bond acceptors (Lipinski definition) is 4. The zero-order valence-corrected chi connectivity index (χ0v) is 17.6. The summed E-state index contributed by atoms with van der Waals surface area (Å²) in [5, 5.41) is 11.3. The Bertz CT molecular complexity index is 1240. The van der Waals surface area contributed by atoms with E-state index in [2.05, 4.69) is 5.32 Å². The third-order valence-corrected chi connectivity index (χ3v) is 5.02. The highest BCUT2D eigenvalue weighted by atomic mass is 19.3. The Hall–Kier alpha value is -3.66. The van der Waals surface area contributed by atoms with Gasteiger partial charge in [0.1, 0.15) is 18.2 Å². The molecule has 3 rings (SSSR count). The summed E-state index contributed by atoms with van der Waals surface area (Å²) in [5.41, 5.74) is -1.98. The van der Waals surface area contributed by atoms with Gasteiger partial charge in [-0.2, -0.15) is 8.78 Å². The first-order chi connectivity index (χ1) is 15.6. The van der Waals surface area contributed by atoms with Crippen LogP contribution in [0.1, 0.15) is 34.5 Å². The van der Waals surface area contributed by atoms with E-state index in [4.69, 9.17) is 9.84 Å². The Kier molecular flexibility index (Phi) is 6.87. The number of halogens is 4. The number of aliphatic hydroxyl groups is 1. The lowest BCUT2D eigenvalue weighted by Crippen LogP contribution is -2.30. The molecule has 0 bridgehead atoms. The second kappa shape index (κ2) is 9.45. The summed E-state index contributed by atoms with van der Waals surface area (Å²) in [4.78, 5) is 24.9. The fraction of sp³-hybridized carbons (Fsp3) is 0.217. The van der Waals surface area contributed by atoms with Gasteiger partial charge in [-0.3, -0.25) is 14.2 Å². The maximum absolute atomic E-state index is 14.7. The van der Waals surface area contributed by atoms with Crippen LogP contribution in [0.5, 0.6) is 5.75 Å². The minimum Gasteiger partial charge on any atom is -0.497 e. The number of carbonyl (C=O) groups excluding carboxylic acids is 1. The fourth-order valence-electron chi connectivity index (χ4n) is 3.23. The average molecular weight is 464 g/mol. The van der Waals surface area contributed by atoms with Gasteiger partial charge in [-0.1, -0.05) is 12.1 Å². The number of aliphatic hydroxyl groups excluding tert-OH is 1. The molecule has 1 amide bonds. The van der Waals surface area contributed by atoms with Crippen LogP contribution in [-0.2, 0) is 5.92 Å². The molecular formula is C23H20F4N2O4. The standard InChI is InChI=1S/C23H20F4N2O4/c1-13(16-4-3-5-17(21(16)25)23(26,27)12-30)28-22(32)14-6-9-20(31)29(11-14)19-8-7-15(33-2)10-18(19)24/h3-11,13,30H,12H2,1-2H3,(H,28,32)/t13-/m1/s1. The quantitative estimate of drug-likeness (QED) is 0.523. The topological polar surface area (TPSA) is 80.6 Å². The molecule has 174 valence electrons. The first-order valence-electron chi connectivity index (χ1n) is 9.74. The number of ether oxygens (including phenoxy) is 1. The Labute approximate surface area is 186 Å². The minimum atomic E-state index is -3.79. The van der Waals surface area contributed by atoms with Crippen molar-refractivity contribution >= 4 is 5.91 Å². The molecule has 3 aromatic rings. The summed E-state index contributed by atoms with van der Waals surface area (Å²) in [6.45, 7) is -0.187. The fourth-order valence-corrected chi connectivity index (χ4v) is 3.23. The number of amides is 1. The summed E-state index contributed by atoms with van der Waals surface area (Å²) in [6, 6.07) is 8.32. The van der Waals surface area contributed by atoms with Gasteiger partial charge in [-0.25, -0.2) is 8.78 Å². The molecular weight excluding hydrogens is 444 g/mol. The molecule has 0 aliphatic rings. The predicted molar refractivity (Wildman–Crippen MR) is 112 cm³/mol. The molecule has 0 radical (unpaired) electrons. The summed E-state index contributed by atoms with van der Waals surface area (Å²) in [6.07, 6.45) is 1.11. The van der Waals surface area contributed by atoms with Gasteiger partial charge in [0.2, 0.25) is 0 Å². The van der Waals surface area contributed by atoms with Gasteiger partial charge in [-0.05, 0) is 31.2 Å². The molecule has 0 unspecified atom stereocenters. The normalized spacial score (nSPS) is 12.3. The molecule has 0 saturated carbocycles. The largest absolute Gasteiger partial charge is 0.497 e. The van der Waals surface area contributed by atoms with Crippen molar-refractivity contribution in [3.8, 4) is 11.4 Å². The summed E-state index contributed by atoms with van der Waals surface area (Å²) >= 11 is 0. The highest BCUT2D eigenvalue weighted by Crippen LogP contribution is 2.32. The van der Waals surface area contributed by atoms with Gasteiger partial charge in [0.05, 0.1) is 30.0 Å². The molecule has 33 heavy (non-hydrogen) atoms. The lowest BCUT2D eigenvalue weighted by molar-refractivity contribution is -0.0584. The van der Waals surface area contributed by atoms with Crippen molar-refractivity contribution in [2.24, 2.45) is 0 Å². The average Bonchev–Trinajstić information content (AvgIpc) is 2.79. The van der Waals surface area contributed by atoms with Crippen molar-refractivity contribution in [1.29, 1.82) is 0 Å². The third-order valence-electron chi connectivity index (χ3n) is 5.02. The maximum atomic E-state index is 14.7. The SMILES string of the molecule is COc1ccc(-n2cc(C(=O)N[C@H](C)c3cccc(C(F)(F)CO)c3F)ccc2=O)c(F)c1. The number of benzene rings is 2. The first kappa shape index (κ1) is 24.0. The van der Waals surface area contributed by atoms with Gasteiger partial charge in [0.25, 0.3) is 17.4 Å². The van der Waals surface area contributed by atoms with Gasteiger partial charge >= 0.3 is 0 Å². The van der Waals surface area contributed by atoms with E-state index in [1.165, 1.54) is 44.4 Å². The Balaban J connectivity index is 1.90. The number of carbonyl (C=O) groups is 1. The smallest absolute Gasteiger partial charge is 0.298 e. The second-order valence-electron chi connectivity index (χ2n) is 7.21. The van der Waals surface area contributed by atoms with Crippen molar-refractivity contribution in [2.75, 3.05) is 13.7 Å². The molecule has 10 heteroatoms. The molecule has 1 heterocycles. The van der Waals surface area contributed by atoms with Gasteiger partial charge in [-0.15, -0.1) is 0 Å². The molecule has 0 fully saturated rings. The van der Waals surface area contributed by atoms with Gasteiger partial charge < -0.3 is 15.2 Å². The molecule has 1 atom stereocenters. The van der Waals surface area contributed by atoms with Crippen molar-refractivity contribution < 1.29 is 32.2 Å². The minimum absolute atomic E-state index is 0.0473. The summed E-state index contributed by atoms with van der Waals surface area (Å²) in [5.74, 6) is -6.31. The van der Waals surface area contributed by atoms with Crippen LogP contribution in [0.4, 0.5) is 17.6 Å². The summed E-state index contributed by atoms with van der Waals surface area (Å²) in [7, 11) is 1.36. The number of rotatable bonds is 7. The van der Waals surface area contributed by atoms with Gasteiger partial charge in [0.15, 0.2) is 5.82 Å². The highest BCUT2D eigenvalue weighted by Gasteiger charge is 2.35. The highest BCUT2D eigenvalue weighted by molar-refractivity contribution is 5.94. The van der Waals surface area contributed by atoms with E-state index in [1.807, 2.05) is 0 Å². The number of hydrogen-bond donors (Lipinski definition) is 2. The second-order valence-corrected chi connectivity index (χ2v) is 7.21. The Morgan fingerprint density at radius 1 is 1.18 bits per heavy atom. The lowest BCUT2D eigenvalue weighted by atomic mass is 10.00. The summed E-state index contributed by atoms with van der Waals surface area (Å²) < 4.78 is 62.5. The van der Waals surface area contributed by atoms with E-state index >= 15 is 0 Å². The van der Waals surface area contributed by atoms with Crippen LogP contribution in [-0.4, -0.2) is 29.3 Å². The zero-order valence-electron chi connectivity index (χ0n) is 17.6. The molecule has 2 N–H and O–H groups in total. The number of pyridine rings is 1. The van der Waals surface area contributed by atoms with Crippen LogP contribution in [0, 0.1) is 11.6 Å². The molecule has 2 aromatic carbocycles. The van der Waals surface area contributed by atoms with Crippen molar-refractivity contribution in [3.05, 3.63) is 93.4 Å². The van der Waals surface area contributed by atoms with Crippen molar-refractivity contribution in [2.45, 2.75) is 18.9 Å². The maximum Gasteiger partial charge on any atom is 0.298 e. The lowest BCUT2D eigenvalue weighted by Gasteiger charge is -2.20. The predicted octanol–water partition coefficient (Wildman–Crippen LogP) is 3.70. The molecule has 6 nitrogen and oxygen atoms in total. The van der Waals surface area contributed by atoms with E-state index in [0.717, 1.165) is 29.0 Å². The van der Waals surface area contributed by atoms with Crippen molar-refractivity contribution in [3.63, 3.8) is 0 Å². The van der Waals surface area contributed by atoms with Crippen molar-refractivity contribution in [1.82, 2.24) is 9.88 Å². The van der Waals surface area contributed by atoms with Crippen LogP contribution in [0.15, 0.2) is 59.5 Å². The monoisotopic (exact) mass is 464 g/mol. The Morgan fingerprint density at radius 2 is 1.91 bits per heavy atom. The third kappa shape index (κ3) is 4.90. The number of nitrogens with one attached hydrogen (secondary N) is 1. The first-order valence-corrected chi connectivity index (χ1v) is 9.74. The van der Waals surface area contributed by atoms with E-state index in [0.29, 0.717) is 0 Å². The number of nitrogens with zero attached hydrogens (tertiary/aromatic N) is 1. The van der Waals surface area contributed by atoms with Crippen LogP contribution >= 0.6 is 0 Å². The van der Waals surface area contributed by atoms with Crippen LogP contribution in [0.25, 0.3) is 5.69 Å². The Morgan fingerprint density at radius 3 is 2.55 bits per heavy atom. The molecule has 0 aliphatic heterocycles. The number of aromatic nitrogens is 1. The molecule has 1 aromatic heterocycles. The number of alkyl halides is 2. The number of methoxy groups -OCH3 is 1. The van der Waals surface area contributed by atoms with E-state index < -0.39 is 47.2 Å². The van der Waals surface area contributed by atoms with E-state index in [1.54, 1.807) is 0 Å². The van der Waals surface area contributed by atoms with E-state index in [9.17, 15) is 27.2 Å². The van der Waals surface area contributed by atoms with Crippen LogP contribution in [0.3, 0.4) is 0 Å². The van der Waals surface area contributed by atoms with Crippen LogP contribution in [0.2, 0.25) is 0 Å². The molecule has 0 aliphatic carbocycles. The van der Waals surface area contributed by atoms with Gasteiger partial charge in [0, 0.05) is 23.9 Å².